The van der Waals surface area contributed by atoms with Gasteiger partial charge < -0.3 is 9.80 Å². The molecule has 0 N–H and O–H groups in total. The predicted molar refractivity (Wildman–Crippen MR) is 151 cm³/mol. The maximum atomic E-state index is 13.7. The number of nitro benzene ring substituents is 1. The zero-order valence-corrected chi connectivity index (χ0v) is 23.1. The SMILES string of the molecule is Cc1c(Cl)ccc2sc(N(CCCN(C)C)C(=O)c3ccc(N4CCCCC4)c([N+](=O)[O-])c3)nc12.Cl. The van der Waals surface area contributed by atoms with Gasteiger partial charge in [0, 0.05) is 36.3 Å². The maximum absolute atomic E-state index is 13.7. The largest absolute Gasteiger partial charge is 0.366 e. The zero-order chi connectivity index (χ0) is 25.1. The smallest absolute Gasteiger partial charge is 0.293 e. The van der Waals surface area contributed by atoms with Crippen molar-refractivity contribution in [2.24, 2.45) is 0 Å². The number of anilines is 2. The second-order valence-corrected chi connectivity index (χ2v) is 10.6. The van der Waals surface area contributed by atoms with Crippen molar-refractivity contribution in [1.82, 2.24) is 9.88 Å². The Morgan fingerprint density at radius 1 is 1.17 bits per heavy atom. The summed E-state index contributed by atoms with van der Waals surface area (Å²) in [5.41, 5.74) is 2.48. The van der Waals surface area contributed by atoms with Gasteiger partial charge in [-0.15, -0.1) is 12.4 Å². The topological polar surface area (TPSA) is 82.8 Å². The summed E-state index contributed by atoms with van der Waals surface area (Å²) in [5, 5.41) is 13.1. The highest BCUT2D eigenvalue weighted by Gasteiger charge is 2.27. The van der Waals surface area contributed by atoms with E-state index in [1.807, 2.05) is 38.1 Å². The Kier molecular flexibility index (Phi) is 9.52. The molecule has 0 unspecified atom stereocenters. The van der Waals surface area contributed by atoms with E-state index in [4.69, 9.17) is 16.6 Å². The summed E-state index contributed by atoms with van der Waals surface area (Å²) in [5.74, 6) is -0.292. The average Bonchev–Trinajstić information content (AvgIpc) is 3.28. The molecule has 4 rings (SSSR count). The third kappa shape index (κ3) is 6.08. The molecule has 3 aromatic rings. The summed E-state index contributed by atoms with van der Waals surface area (Å²) >= 11 is 7.72. The van der Waals surface area contributed by atoms with Crippen molar-refractivity contribution in [1.29, 1.82) is 0 Å². The van der Waals surface area contributed by atoms with E-state index in [1.54, 1.807) is 17.0 Å². The number of rotatable bonds is 8. The molecule has 1 amide bonds. The van der Waals surface area contributed by atoms with Crippen LogP contribution in [0, 0.1) is 17.0 Å². The maximum Gasteiger partial charge on any atom is 0.293 e. The molecule has 1 fully saturated rings. The predicted octanol–water partition coefficient (Wildman–Crippen LogP) is 6.18. The first-order valence-corrected chi connectivity index (χ1v) is 13.0. The number of piperidine rings is 1. The number of nitro groups is 1. The minimum atomic E-state index is -0.389. The van der Waals surface area contributed by atoms with Crippen molar-refractivity contribution < 1.29 is 9.72 Å². The number of aromatic nitrogens is 1. The number of thiazole rings is 1. The van der Waals surface area contributed by atoms with Gasteiger partial charge in [-0.3, -0.25) is 19.8 Å². The number of aryl methyl sites for hydroxylation is 1. The van der Waals surface area contributed by atoms with Crippen molar-refractivity contribution in [2.75, 3.05) is 50.1 Å². The van der Waals surface area contributed by atoms with E-state index in [0.29, 0.717) is 22.4 Å². The quantitative estimate of drug-likeness (QED) is 0.245. The van der Waals surface area contributed by atoms with Gasteiger partial charge >= 0.3 is 0 Å². The molecule has 0 radical (unpaired) electrons. The van der Waals surface area contributed by atoms with Gasteiger partial charge in [0.05, 0.1) is 15.1 Å². The van der Waals surface area contributed by atoms with Crippen LogP contribution in [0.25, 0.3) is 10.2 Å². The van der Waals surface area contributed by atoms with Crippen LogP contribution in [0.2, 0.25) is 5.02 Å². The molecule has 0 atom stereocenters. The van der Waals surface area contributed by atoms with Gasteiger partial charge in [-0.25, -0.2) is 4.98 Å². The Labute approximate surface area is 226 Å². The van der Waals surface area contributed by atoms with Gasteiger partial charge in [0.2, 0.25) is 0 Å². The highest BCUT2D eigenvalue weighted by Crippen LogP contribution is 2.36. The Morgan fingerprint density at radius 2 is 1.89 bits per heavy atom. The van der Waals surface area contributed by atoms with Gasteiger partial charge in [-0.2, -0.15) is 0 Å². The normalized spacial score (nSPS) is 13.6. The third-order valence-corrected chi connectivity index (χ3v) is 7.77. The molecule has 8 nitrogen and oxygen atoms in total. The van der Waals surface area contributed by atoms with Crippen molar-refractivity contribution in [3.63, 3.8) is 0 Å². The van der Waals surface area contributed by atoms with Crippen molar-refractivity contribution >= 4 is 68.0 Å². The van der Waals surface area contributed by atoms with Crippen LogP contribution < -0.4 is 9.80 Å². The third-order valence-electron chi connectivity index (χ3n) is 6.32. The first kappa shape index (κ1) is 28.1. The van der Waals surface area contributed by atoms with Crippen LogP contribution in [0.15, 0.2) is 30.3 Å². The van der Waals surface area contributed by atoms with Gasteiger partial charge in [-0.1, -0.05) is 22.9 Å². The Bertz CT molecular complexity index is 1240. The first-order chi connectivity index (χ1) is 16.8. The first-order valence-electron chi connectivity index (χ1n) is 11.8. The Morgan fingerprint density at radius 3 is 2.56 bits per heavy atom. The van der Waals surface area contributed by atoms with E-state index >= 15 is 0 Å². The van der Waals surface area contributed by atoms with Crippen LogP contribution in [0.4, 0.5) is 16.5 Å². The molecule has 0 saturated carbocycles. The van der Waals surface area contributed by atoms with E-state index in [-0.39, 0.29) is 34.5 Å². The number of carbonyl (C=O) groups is 1. The number of halogens is 2. The molecule has 36 heavy (non-hydrogen) atoms. The van der Waals surface area contributed by atoms with Crippen LogP contribution >= 0.6 is 35.3 Å². The lowest BCUT2D eigenvalue weighted by molar-refractivity contribution is -0.384. The molecule has 194 valence electrons. The minimum Gasteiger partial charge on any atom is -0.366 e. The molecule has 0 spiro atoms. The van der Waals surface area contributed by atoms with E-state index in [9.17, 15) is 14.9 Å². The van der Waals surface area contributed by atoms with Gasteiger partial charge in [-0.05, 0) is 83.1 Å². The van der Waals surface area contributed by atoms with Gasteiger partial charge in [0.1, 0.15) is 5.69 Å². The van der Waals surface area contributed by atoms with Gasteiger partial charge in [0.25, 0.3) is 11.6 Å². The lowest BCUT2D eigenvalue weighted by Gasteiger charge is -2.28. The van der Waals surface area contributed by atoms with Crippen LogP contribution in [-0.4, -0.2) is 61.0 Å². The second kappa shape index (κ2) is 12.2. The van der Waals surface area contributed by atoms with Crippen LogP contribution in [-0.2, 0) is 0 Å². The summed E-state index contributed by atoms with van der Waals surface area (Å²) in [7, 11) is 3.97. The van der Waals surface area contributed by atoms with Crippen molar-refractivity contribution in [2.45, 2.75) is 32.6 Å². The Hall–Kier alpha value is -2.46. The minimum absolute atomic E-state index is 0. The standard InChI is InChI=1S/C25H30ClN5O3S.ClH/c1-17-19(26)9-11-22-23(17)27-25(35-22)30(15-7-12-28(2)3)24(32)18-8-10-20(21(16-18)31(33)34)29-13-5-4-6-14-29;/h8-11,16H,4-7,12-15H2,1-3H3;1H. The molecule has 2 heterocycles. The van der Waals surface area contributed by atoms with Crippen LogP contribution in [0.3, 0.4) is 0 Å². The summed E-state index contributed by atoms with van der Waals surface area (Å²) in [4.78, 5) is 35.8. The number of hydrogen-bond donors (Lipinski definition) is 0. The monoisotopic (exact) mass is 551 g/mol. The van der Waals surface area contributed by atoms with Crippen molar-refractivity contribution in [3.8, 4) is 0 Å². The molecular formula is C25H31Cl2N5O3S. The summed E-state index contributed by atoms with van der Waals surface area (Å²) in [6.07, 6.45) is 3.90. The zero-order valence-electron chi connectivity index (χ0n) is 20.7. The fourth-order valence-corrected chi connectivity index (χ4v) is 5.60. The van der Waals surface area contributed by atoms with E-state index < -0.39 is 0 Å². The van der Waals surface area contributed by atoms with E-state index in [2.05, 4.69) is 4.90 Å². The molecule has 0 bridgehead atoms. The number of hydrogen-bond acceptors (Lipinski definition) is 7. The second-order valence-electron chi connectivity index (χ2n) is 9.14. The number of amides is 1. The summed E-state index contributed by atoms with van der Waals surface area (Å²) < 4.78 is 0.943. The summed E-state index contributed by atoms with van der Waals surface area (Å²) in [6.45, 7) is 4.74. The number of nitrogens with zero attached hydrogens (tertiary/aromatic N) is 5. The molecule has 11 heteroatoms. The molecule has 1 aliphatic rings. The molecule has 1 aromatic heterocycles. The highest BCUT2D eigenvalue weighted by atomic mass is 35.5. The molecule has 0 aliphatic carbocycles. The number of benzene rings is 2. The lowest BCUT2D eigenvalue weighted by Crippen LogP contribution is -2.34. The van der Waals surface area contributed by atoms with E-state index in [0.717, 1.165) is 61.1 Å². The fraction of sp³-hybridized carbons (Fsp3) is 0.440. The fourth-order valence-electron chi connectivity index (χ4n) is 4.39. The van der Waals surface area contributed by atoms with E-state index in [1.165, 1.54) is 17.4 Å². The van der Waals surface area contributed by atoms with Gasteiger partial charge in [0.15, 0.2) is 5.13 Å². The summed E-state index contributed by atoms with van der Waals surface area (Å²) in [6, 6.07) is 8.58. The van der Waals surface area contributed by atoms with Crippen LogP contribution in [0.5, 0.6) is 0 Å². The Balaban J connectivity index is 0.00000361. The number of fused-ring (bicyclic) bond motifs is 1. The average molecular weight is 553 g/mol. The molecule has 1 aliphatic heterocycles. The highest BCUT2D eigenvalue weighted by molar-refractivity contribution is 7.22. The molecule has 1 saturated heterocycles. The van der Waals surface area contributed by atoms with Crippen LogP contribution in [0.1, 0.15) is 41.6 Å². The van der Waals surface area contributed by atoms with Crippen molar-refractivity contribution in [3.05, 3.63) is 56.6 Å². The molecular weight excluding hydrogens is 521 g/mol. The lowest BCUT2D eigenvalue weighted by atomic mass is 10.1. The molecule has 2 aromatic carbocycles. The number of carbonyl (C=O) groups excluding carboxylic acids is 1.